The van der Waals surface area contributed by atoms with E-state index in [2.05, 4.69) is 9.94 Å². The molecular weight excluding hydrogens is 314 g/mol. The fraction of sp³-hybridized carbons (Fsp3) is 0. The van der Waals surface area contributed by atoms with Crippen molar-refractivity contribution in [1.82, 2.24) is 0 Å². The van der Waals surface area contributed by atoms with Crippen LogP contribution in [-0.2, 0) is 0 Å². The summed E-state index contributed by atoms with van der Waals surface area (Å²) in [6.45, 7) is 0. The first-order valence-electron chi connectivity index (χ1n) is 3.22. The van der Waals surface area contributed by atoms with Gasteiger partial charge in [-0.25, -0.2) is 0 Å². The van der Waals surface area contributed by atoms with Crippen molar-refractivity contribution in [2.24, 2.45) is 0 Å². The molecule has 1 heterocycles. The molecule has 13 heavy (non-hydrogen) atoms. The quantitative estimate of drug-likeness (QED) is 0.792. The number of nitrogens with zero attached hydrogens (tertiary/aromatic N) is 2. The van der Waals surface area contributed by atoms with Crippen LogP contribution in [0.25, 0.3) is 4.47 Å². The van der Waals surface area contributed by atoms with Gasteiger partial charge in [-0.2, -0.15) is 0 Å². The third-order valence-corrected chi connectivity index (χ3v) is 4.98. The number of hydrogen-bond acceptors (Lipinski definition) is 3. The molecule has 0 aliphatic heterocycles. The van der Waals surface area contributed by atoms with Crippen LogP contribution in [0.3, 0.4) is 0 Å². The third-order valence-electron chi connectivity index (χ3n) is 1.18. The minimum atomic E-state index is -0.153. The maximum absolute atomic E-state index is 8.60. The Bertz CT molecular complexity index is 370. The Morgan fingerprint density at radius 3 is 2.85 bits per heavy atom. The Morgan fingerprint density at radius 1 is 1.46 bits per heavy atom. The molecule has 0 unspecified atom stereocenters. The Morgan fingerprint density at radius 2 is 2.31 bits per heavy atom. The molecule has 0 atom stereocenters. The van der Waals surface area contributed by atoms with Gasteiger partial charge in [0.15, 0.2) is 0 Å². The van der Waals surface area contributed by atoms with E-state index >= 15 is 0 Å². The summed E-state index contributed by atoms with van der Waals surface area (Å²) in [7, 11) is 0. The van der Waals surface area contributed by atoms with Crippen molar-refractivity contribution in [3.8, 4) is 9.94 Å². The number of hydrogen-bond donors (Lipinski definition) is 0. The van der Waals surface area contributed by atoms with Crippen molar-refractivity contribution in [1.29, 1.82) is 10.5 Å². The average Bonchev–Trinajstić information content (AvgIpc) is 2.65. The SMILES string of the molecule is N#C[Se]C=C([Se]C#N)c1ccsc1. The summed E-state index contributed by atoms with van der Waals surface area (Å²) in [6.07, 6.45) is 0. The fourth-order valence-electron chi connectivity index (χ4n) is 0.685. The van der Waals surface area contributed by atoms with Crippen LogP contribution in [0, 0.1) is 20.5 Å². The summed E-state index contributed by atoms with van der Waals surface area (Å²) < 4.78 is 1.04. The third kappa shape index (κ3) is 3.36. The van der Waals surface area contributed by atoms with Gasteiger partial charge in [-0.1, -0.05) is 0 Å². The summed E-state index contributed by atoms with van der Waals surface area (Å²) in [5.74, 6) is 0. The molecule has 0 aliphatic carbocycles. The molecule has 1 rings (SSSR count). The van der Waals surface area contributed by atoms with Crippen molar-refractivity contribution in [3.63, 3.8) is 0 Å². The van der Waals surface area contributed by atoms with Gasteiger partial charge in [-0.15, -0.1) is 0 Å². The first-order chi connectivity index (χ1) is 6.38. The van der Waals surface area contributed by atoms with Crippen molar-refractivity contribution >= 4 is 45.7 Å². The Balaban J connectivity index is 2.83. The molecule has 0 radical (unpaired) electrons. The van der Waals surface area contributed by atoms with E-state index in [0.29, 0.717) is 0 Å². The molecule has 1 aromatic rings. The van der Waals surface area contributed by atoms with Crippen LogP contribution in [-0.4, -0.2) is 29.9 Å². The van der Waals surface area contributed by atoms with Crippen LogP contribution in [0.4, 0.5) is 0 Å². The monoisotopic (exact) mass is 320 g/mol. The Labute approximate surface area is 93.2 Å². The Kier molecular flexibility index (Phi) is 4.86. The van der Waals surface area contributed by atoms with E-state index in [1.807, 2.05) is 21.8 Å². The summed E-state index contributed by atoms with van der Waals surface area (Å²) in [5, 5.41) is 21.0. The van der Waals surface area contributed by atoms with E-state index in [9.17, 15) is 0 Å². The van der Waals surface area contributed by atoms with Gasteiger partial charge in [0.2, 0.25) is 0 Å². The molecule has 0 N–H and O–H groups in total. The Hall–Kier alpha value is -0.541. The average molecular weight is 318 g/mol. The molecule has 0 aromatic carbocycles. The van der Waals surface area contributed by atoms with E-state index in [-0.39, 0.29) is 29.9 Å². The second-order valence-corrected chi connectivity index (χ2v) is 5.78. The minimum absolute atomic E-state index is 0.129. The zero-order chi connectivity index (χ0) is 9.52. The molecule has 0 saturated heterocycles. The van der Waals surface area contributed by atoms with Gasteiger partial charge in [0.05, 0.1) is 0 Å². The predicted octanol–water partition coefficient (Wildman–Crippen LogP) is 1.42. The standard InChI is InChI=1S/C8H4N2SSe2/c9-5-12-4-8(13-6-10)7-1-2-11-3-7/h1-4H. The van der Waals surface area contributed by atoms with Crippen molar-refractivity contribution in [3.05, 3.63) is 27.4 Å². The molecule has 0 aliphatic rings. The van der Waals surface area contributed by atoms with Crippen molar-refractivity contribution < 1.29 is 0 Å². The van der Waals surface area contributed by atoms with Crippen LogP contribution in [0.15, 0.2) is 21.8 Å². The van der Waals surface area contributed by atoms with Crippen LogP contribution in [0.2, 0.25) is 0 Å². The second kappa shape index (κ2) is 6.00. The number of nitriles is 2. The molecule has 0 spiro atoms. The molecular formula is C8H4N2SSe2. The van der Waals surface area contributed by atoms with E-state index in [1.54, 1.807) is 11.3 Å². The molecule has 2 nitrogen and oxygen atoms in total. The molecule has 5 heteroatoms. The molecule has 0 saturated carbocycles. The van der Waals surface area contributed by atoms with E-state index in [1.165, 1.54) is 0 Å². The topological polar surface area (TPSA) is 47.6 Å². The molecule has 0 fully saturated rings. The van der Waals surface area contributed by atoms with Gasteiger partial charge >= 0.3 is 93.5 Å². The second-order valence-electron chi connectivity index (χ2n) is 1.90. The van der Waals surface area contributed by atoms with Crippen LogP contribution >= 0.6 is 11.3 Å². The van der Waals surface area contributed by atoms with E-state index < -0.39 is 0 Å². The van der Waals surface area contributed by atoms with Crippen molar-refractivity contribution in [2.45, 2.75) is 0 Å². The normalized spacial score (nSPS) is 10.5. The zero-order valence-electron chi connectivity index (χ0n) is 6.43. The first kappa shape index (κ1) is 10.5. The van der Waals surface area contributed by atoms with Gasteiger partial charge in [-0.3, -0.25) is 0 Å². The molecule has 0 amide bonds. The summed E-state index contributed by atoms with van der Waals surface area (Å²) in [4.78, 5) is 6.17. The van der Waals surface area contributed by atoms with E-state index in [0.717, 1.165) is 10.0 Å². The summed E-state index contributed by atoms with van der Waals surface area (Å²) in [5.41, 5.74) is 1.10. The van der Waals surface area contributed by atoms with Gasteiger partial charge < -0.3 is 0 Å². The summed E-state index contributed by atoms with van der Waals surface area (Å²) in [6, 6.07) is 1.99. The molecule has 1 aromatic heterocycles. The predicted molar refractivity (Wildman–Crippen MR) is 55.0 cm³/mol. The zero-order valence-corrected chi connectivity index (χ0v) is 10.7. The van der Waals surface area contributed by atoms with Crippen LogP contribution in [0.5, 0.6) is 0 Å². The molecule has 0 bridgehead atoms. The van der Waals surface area contributed by atoms with Crippen LogP contribution in [0.1, 0.15) is 5.56 Å². The number of thiophene rings is 1. The van der Waals surface area contributed by atoms with E-state index in [4.69, 9.17) is 10.5 Å². The van der Waals surface area contributed by atoms with Crippen LogP contribution < -0.4 is 0 Å². The number of rotatable bonds is 3. The van der Waals surface area contributed by atoms with Gasteiger partial charge in [0.25, 0.3) is 0 Å². The fourth-order valence-corrected chi connectivity index (χ4v) is 4.00. The van der Waals surface area contributed by atoms with Crippen molar-refractivity contribution in [2.75, 3.05) is 0 Å². The van der Waals surface area contributed by atoms with Gasteiger partial charge in [0, 0.05) is 0 Å². The summed E-state index contributed by atoms with van der Waals surface area (Å²) >= 11 is 1.33. The maximum atomic E-state index is 8.60. The van der Waals surface area contributed by atoms with Gasteiger partial charge in [-0.05, 0) is 0 Å². The first-order valence-corrected chi connectivity index (χ1v) is 7.72. The van der Waals surface area contributed by atoms with Gasteiger partial charge in [0.1, 0.15) is 0 Å². The molecule has 64 valence electrons.